The summed E-state index contributed by atoms with van der Waals surface area (Å²) in [4.78, 5) is 12.5. The number of rotatable bonds is 5. The lowest BCUT2D eigenvalue weighted by atomic mass is 9.95. The van der Waals surface area contributed by atoms with Gasteiger partial charge in [-0.1, -0.05) is 60.6 Å². The third-order valence-corrected chi connectivity index (χ3v) is 9.08. The summed E-state index contributed by atoms with van der Waals surface area (Å²) >= 11 is 0. The smallest absolute Gasteiger partial charge is 0.139 e. The van der Waals surface area contributed by atoms with Crippen molar-refractivity contribution in [1.82, 2.24) is 0 Å². The average molecular weight is 313 g/mol. The summed E-state index contributed by atoms with van der Waals surface area (Å²) in [6.07, 6.45) is 5.77. The Bertz CT molecular complexity index is 560. The van der Waals surface area contributed by atoms with Gasteiger partial charge in [0.2, 0.25) is 0 Å². The standard InChI is InChI=1S/C20H28OSi/c1-15(14-22(2,3)18-9-5-4-6-10-18)12-17-13-16-8-7-11-19(16)20(17)21/h4-6,9-10,16-17,19H,1,7-8,11-14H2,2-3H3/t16-,17-,19-/m1/s1. The molecule has 0 aromatic heterocycles. The topological polar surface area (TPSA) is 17.1 Å². The van der Waals surface area contributed by atoms with E-state index in [-0.39, 0.29) is 5.92 Å². The van der Waals surface area contributed by atoms with Crippen LogP contribution in [0.15, 0.2) is 42.5 Å². The van der Waals surface area contributed by atoms with Gasteiger partial charge >= 0.3 is 0 Å². The van der Waals surface area contributed by atoms with Crippen LogP contribution < -0.4 is 5.19 Å². The normalized spacial score (nSPS) is 27.9. The summed E-state index contributed by atoms with van der Waals surface area (Å²) in [5.74, 6) is 1.94. The fourth-order valence-electron chi connectivity index (χ4n) is 4.70. The highest BCUT2D eigenvalue weighted by Gasteiger charge is 2.44. The van der Waals surface area contributed by atoms with Gasteiger partial charge in [0, 0.05) is 11.8 Å². The van der Waals surface area contributed by atoms with E-state index >= 15 is 0 Å². The average Bonchev–Trinajstić information content (AvgIpc) is 3.04. The van der Waals surface area contributed by atoms with Crippen LogP contribution in [-0.2, 0) is 4.79 Å². The molecule has 1 aromatic carbocycles. The van der Waals surface area contributed by atoms with Crippen LogP contribution in [-0.4, -0.2) is 13.9 Å². The van der Waals surface area contributed by atoms with Crippen LogP contribution in [0.5, 0.6) is 0 Å². The monoisotopic (exact) mass is 312 g/mol. The third kappa shape index (κ3) is 3.12. The number of ketones is 1. The van der Waals surface area contributed by atoms with Crippen molar-refractivity contribution >= 4 is 19.0 Å². The minimum Gasteiger partial charge on any atom is -0.299 e. The minimum absolute atomic E-state index is 0.281. The minimum atomic E-state index is -1.48. The Morgan fingerprint density at radius 1 is 1.23 bits per heavy atom. The number of hydrogen-bond donors (Lipinski definition) is 0. The molecule has 0 N–H and O–H groups in total. The van der Waals surface area contributed by atoms with E-state index in [9.17, 15) is 4.79 Å². The molecule has 0 unspecified atom stereocenters. The molecule has 1 nitrogen and oxygen atoms in total. The summed E-state index contributed by atoms with van der Waals surface area (Å²) in [7, 11) is -1.48. The molecule has 0 radical (unpaired) electrons. The highest BCUT2D eigenvalue weighted by Crippen LogP contribution is 2.46. The molecular formula is C20H28OSi. The van der Waals surface area contributed by atoms with Crippen molar-refractivity contribution in [3.8, 4) is 0 Å². The number of carbonyl (C=O) groups excluding carboxylic acids is 1. The number of fused-ring (bicyclic) bond motifs is 1. The van der Waals surface area contributed by atoms with E-state index < -0.39 is 8.07 Å². The fraction of sp³-hybridized carbons (Fsp3) is 0.550. The predicted octanol–water partition coefficient (Wildman–Crippen LogP) is 4.55. The van der Waals surface area contributed by atoms with Gasteiger partial charge in [-0.25, -0.2) is 0 Å². The van der Waals surface area contributed by atoms with Gasteiger partial charge < -0.3 is 0 Å². The number of allylic oxidation sites excluding steroid dienone is 1. The number of hydrogen-bond acceptors (Lipinski definition) is 1. The van der Waals surface area contributed by atoms with E-state index in [1.807, 2.05) is 0 Å². The Balaban J connectivity index is 1.60. The number of carbonyl (C=O) groups is 1. The molecule has 2 saturated carbocycles. The van der Waals surface area contributed by atoms with E-state index in [0.29, 0.717) is 17.6 Å². The Hall–Kier alpha value is -1.15. The van der Waals surface area contributed by atoms with Gasteiger partial charge in [0.15, 0.2) is 0 Å². The molecule has 0 spiro atoms. The second-order valence-corrected chi connectivity index (χ2v) is 12.7. The van der Waals surface area contributed by atoms with Crippen LogP contribution in [0.1, 0.15) is 32.1 Å². The zero-order valence-electron chi connectivity index (χ0n) is 14.0. The van der Waals surface area contributed by atoms with Crippen molar-refractivity contribution in [3.05, 3.63) is 42.5 Å². The molecule has 0 amide bonds. The molecule has 2 aliphatic rings. The van der Waals surface area contributed by atoms with Crippen molar-refractivity contribution in [3.63, 3.8) is 0 Å². The van der Waals surface area contributed by atoms with E-state index in [4.69, 9.17) is 0 Å². The Kier molecular flexibility index (Phi) is 4.40. The van der Waals surface area contributed by atoms with Crippen molar-refractivity contribution in [1.29, 1.82) is 0 Å². The molecule has 0 bridgehead atoms. The molecule has 1 aromatic rings. The summed E-state index contributed by atoms with van der Waals surface area (Å²) in [6.45, 7) is 9.17. The van der Waals surface area contributed by atoms with Gasteiger partial charge in [0.25, 0.3) is 0 Å². The van der Waals surface area contributed by atoms with Crippen molar-refractivity contribution < 1.29 is 4.79 Å². The number of Topliss-reactive ketones (excluding diaryl/α,β-unsaturated/α-hetero) is 1. The van der Waals surface area contributed by atoms with E-state index in [1.165, 1.54) is 23.6 Å². The first kappa shape index (κ1) is 15.7. The Morgan fingerprint density at radius 2 is 1.95 bits per heavy atom. The molecule has 0 aliphatic heterocycles. The molecule has 118 valence electrons. The number of benzene rings is 1. The molecule has 2 aliphatic carbocycles. The van der Waals surface area contributed by atoms with Crippen LogP contribution in [0.2, 0.25) is 19.1 Å². The molecule has 0 saturated heterocycles. The second-order valence-electron chi connectivity index (χ2n) is 8.01. The van der Waals surface area contributed by atoms with Gasteiger partial charge in [-0.3, -0.25) is 4.79 Å². The fourth-order valence-corrected chi connectivity index (χ4v) is 7.39. The van der Waals surface area contributed by atoms with Crippen molar-refractivity contribution in [2.45, 2.75) is 51.2 Å². The zero-order chi connectivity index (χ0) is 15.7. The SMILES string of the molecule is C=C(C[C@@H]1C[C@H]2CCC[C@H]2C1=O)C[Si](C)(C)c1ccccc1. The lowest BCUT2D eigenvalue weighted by Crippen LogP contribution is -2.41. The molecule has 22 heavy (non-hydrogen) atoms. The van der Waals surface area contributed by atoms with Crippen LogP contribution in [0, 0.1) is 17.8 Å². The van der Waals surface area contributed by atoms with Gasteiger partial charge in [-0.2, -0.15) is 0 Å². The lowest BCUT2D eigenvalue weighted by Gasteiger charge is -2.25. The van der Waals surface area contributed by atoms with Gasteiger partial charge in [0.05, 0.1) is 8.07 Å². The van der Waals surface area contributed by atoms with Crippen LogP contribution >= 0.6 is 0 Å². The molecule has 2 heteroatoms. The van der Waals surface area contributed by atoms with Crippen LogP contribution in [0.4, 0.5) is 0 Å². The molecule has 3 rings (SSSR count). The highest BCUT2D eigenvalue weighted by molar-refractivity contribution is 6.90. The zero-order valence-corrected chi connectivity index (χ0v) is 15.0. The molecule has 0 heterocycles. The van der Waals surface area contributed by atoms with Crippen molar-refractivity contribution in [2.24, 2.45) is 17.8 Å². The van der Waals surface area contributed by atoms with Gasteiger partial charge in [0.1, 0.15) is 5.78 Å². The van der Waals surface area contributed by atoms with Crippen LogP contribution in [0.3, 0.4) is 0 Å². The molecule has 2 fully saturated rings. The largest absolute Gasteiger partial charge is 0.299 e. The summed E-state index contributed by atoms with van der Waals surface area (Å²) in [5, 5.41) is 1.49. The quantitative estimate of drug-likeness (QED) is 0.575. The Morgan fingerprint density at radius 3 is 2.64 bits per heavy atom. The lowest BCUT2D eigenvalue weighted by molar-refractivity contribution is -0.124. The Labute approximate surface area is 135 Å². The first-order chi connectivity index (χ1) is 10.5. The first-order valence-corrected chi connectivity index (χ1v) is 11.9. The maximum absolute atomic E-state index is 12.5. The summed E-state index contributed by atoms with van der Waals surface area (Å²) in [6, 6.07) is 12.0. The first-order valence-electron chi connectivity index (χ1n) is 8.73. The van der Waals surface area contributed by atoms with E-state index in [2.05, 4.69) is 50.0 Å². The predicted molar refractivity (Wildman–Crippen MR) is 96.1 cm³/mol. The van der Waals surface area contributed by atoms with Gasteiger partial charge in [-0.15, -0.1) is 6.58 Å². The summed E-state index contributed by atoms with van der Waals surface area (Å²) < 4.78 is 0. The molecule has 3 atom stereocenters. The highest BCUT2D eigenvalue weighted by atomic mass is 28.3. The maximum atomic E-state index is 12.5. The maximum Gasteiger partial charge on any atom is 0.139 e. The third-order valence-electron chi connectivity index (χ3n) is 5.80. The van der Waals surface area contributed by atoms with Crippen LogP contribution in [0.25, 0.3) is 0 Å². The van der Waals surface area contributed by atoms with Crippen molar-refractivity contribution in [2.75, 3.05) is 0 Å². The van der Waals surface area contributed by atoms with E-state index in [0.717, 1.165) is 25.3 Å². The second kappa shape index (κ2) is 6.15. The van der Waals surface area contributed by atoms with E-state index in [1.54, 1.807) is 0 Å². The van der Waals surface area contributed by atoms with Gasteiger partial charge in [-0.05, 0) is 37.6 Å². The summed E-state index contributed by atoms with van der Waals surface area (Å²) in [5.41, 5.74) is 1.30. The molecular weight excluding hydrogens is 284 g/mol.